The summed E-state index contributed by atoms with van der Waals surface area (Å²) in [5.41, 5.74) is 1.02. The van der Waals surface area contributed by atoms with Crippen LogP contribution in [0, 0.1) is 11.8 Å². The number of benzene rings is 1. The average Bonchev–Trinajstić information content (AvgIpc) is 2.40. The topological polar surface area (TPSA) is 30.5 Å². The molecule has 21 heavy (non-hydrogen) atoms. The first-order valence-corrected chi connectivity index (χ1v) is 8.07. The van der Waals surface area contributed by atoms with E-state index in [1.54, 1.807) is 0 Å². The minimum Gasteiger partial charge on any atom is -0.491 e. The van der Waals surface area contributed by atoms with Gasteiger partial charge in [0.2, 0.25) is 0 Å². The van der Waals surface area contributed by atoms with Gasteiger partial charge in [-0.3, -0.25) is 0 Å². The molecule has 0 aromatic heterocycles. The molecule has 1 aromatic rings. The molecular weight excluding hydrogens is 286 g/mol. The van der Waals surface area contributed by atoms with E-state index in [0.29, 0.717) is 25.0 Å². The van der Waals surface area contributed by atoms with Crippen LogP contribution in [0.2, 0.25) is 5.02 Å². The molecule has 0 unspecified atom stereocenters. The van der Waals surface area contributed by atoms with E-state index >= 15 is 0 Å². The van der Waals surface area contributed by atoms with Crippen molar-refractivity contribution in [1.82, 2.24) is 5.32 Å². The summed E-state index contributed by atoms with van der Waals surface area (Å²) >= 11 is 6.28. The Hall–Kier alpha value is -0.770. The Bertz CT molecular complexity index is 408. The minimum absolute atomic E-state index is 0.546. The second-order valence-corrected chi connectivity index (χ2v) is 6.47. The Labute approximate surface area is 134 Å². The van der Waals surface area contributed by atoms with Gasteiger partial charge in [-0.05, 0) is 30.5 Å². The van der Waals surface area contributed by atoms with Crippen molar-refractivity contribution < 1.29 is 9.47 Å². The van der Waals surface area contributed by atoms with E-state index in [1.807, 2.05) is 18.2 Å². The molecule has 1 rings (SSSR count). The maximum atomic E-state index is 6.28. The van der Waals surface area contributed by atoms with E-state index in [4.69, 9.17) is 21.1 Å². The van der Waals surface area contributed by atoms with Crippen LogP contribution in [0.1, 0.15) is 33.3 Å². The summed E-state index contributed by atoms with van der Waals surface area (Å²) in [5, 5.41) is 4.15. The third-order valence-corrected chi connectivity index (χ3v) is 3.22. The molecule has 3 nitrogen and oxygen atoms in total. The fraction of sp³-hybridized carbons (Fsp3) is 0.647. The first-order valence-electron chi connectivity index (χ1n) is 7.69. The lowest BCUT2D eigenvalue weighted by Crippen LogP contribution is -2.20. The van der Waals surface area contributed by atoms with Crippen molar-refractivity contribution in [3.63, 3.8) is 0 Å². The zero-order valence-electron chi connectivity index (χ0n) is 13.6. The van der Waals surface area contributed by atoms with Gasteiger partial charge < -0.3 is 14.8 Å². The largest absolute Gasteiger partial charge is 0.491 e. The van der Waals surface area contributed by atoms with Crippen LogP contribution in [0.5, 0.6) is 5.75 Å². The summed E-state index contributed by atoms with van der Waals surface area (Å²) in [7, 11) is 0. The third-order valence-electron chi connectivity index (χ3n) is 2.87. The molecule has 0 aliphatic rings. The van der Waals surface area contributed by atoms with Gasteiger partial charge in [0.25, 0.3) is 0 Å². The molecule has 0 saturated carbocycles. The number of hydrogen-bond acceptors (Lipinski definition) is 3. The first kappa shape index (κ1) is 18.3. The summed E-state index contributed by atoms with van der Waals surface area (Å²) in [6, 6.07) is 5.77. The molecule has 0 fully saturated rings. The molecule has 0 radical (unpaired) electrons. The molecule has 0 saturated heterocycles. The quantitative estimate of drug-likeness (QED) is 0.659. The van der Waals surface area contributed by atoms with Crippen molar-refractivity contribution in [3.05, 3.63) is 28.8 Å². The Morgan fingerprint density at radius 2 is 1.86 bits per heavy atom. The van der Waals surface area contributed by atoms with Crippen molar-refractivity contribution in [2.24, 2.45) is 11.8 Å². The highest BCUT2D eigenvalue weighted by atomic mass is 35.5. The molecule has 0 bridgehead atoms. The number of ether oxygens (including phenoxy) is 2. The second-order valence-electron chi connectivity index (χ2n) is 6.06. The number of rotatable bonds is 10. The molecule has 4 heteroatoms. The SMILES string of the molecule is CC(C)CNCc1c(Cl)cccc1OCCOCC(C)C. The number of hydrogen-bond donors (Lipinski definition) is 1. The lowest BCUT2D eigenvalue weighted by atomic mass is 10.1. The molecule has 0 spiro atoms. The summed E-state index contributed by atoms with van der Waals surface area (Å²) in [5.74, 6) is 2.00. The summed E-state index contributed by atoms with van der Waals surface area (Å²) < 4.78 is 11.3. The number of nitrogens with one attached hydrogen (secondary N) is 1. The maximum Gasteiger partial charge on any atom is 0.125 e. The van der Waals surface area contributed by atoms with E-state index in [-0.39, 0.29) is 0 Å². The zero-order chi connectivity index (χ0) is 15.7. The highest BCUT2D eigenvalue weighted by Gasteiger charge is 2.08. The molecule has 0 heterocycles. The van der Waals surface area contributed by atoms with E-state index < -0.39 is 0 Å². The molecule has 1 aromatic carbocycles. The van der Waals surface area contributed by atoms with E-state index in [0.717, 1.165) is 36.0 Å². The van der Waals surface area contributed by atoms with Crippen LogP contribution < -0.4 is 10.1 Å². The molecule has 1 N–H and O–H groups in total. The van der Waals surface area contributed by atoms with Crippen molar-refractivity contribution >= 4 is 11.6 Å². The van der Waals surface area contributed by atoms with Gasteiger partial charge in [0, 0.05) is 23.7 Å². The summed E-state index contributed by atoms with van der Waals surface area (Å²) in [6.45, 7) is 12.2. The Balaban J connectivity index is 2.46. The van der Waals surface area contributed by atoms with Crippen LogP contribution in [-0.2, 0) is 11.3 Å². The fourth-order valence-electron chi connectivity index (χ4n) is 1.86. The van der Waals surface area contributed by atoms with Gasteiger partial charge in [-0.15, -0.1) is 0 Å². The Morgan fingerprint density at radius 1 is 1.10 bits per heavy atom. The molecule has 0 aliphatic carbocycles. The van der Waals surface area contributed by atoms with Crippen molar-refractivity contribution in [2.45, 2.75) is 34.2 Å². The maximum absolute atomic E-state index is 6.28. The Morgan fingerprint density at radius 3 is 2.52 bits per heavy atom. The van der Waals surface area contributed by atoms with E-state index in [9.17, 15) is 0 Å². The summed E-state index contributed by atoms with van der Waals surface area (Å²) in [6.07, 6.45) is 0. The third kappa shape index (κ3) is 7.70. The van der Waals surface area contributed by atoms with Crippen LogP contribution >= 0.6 is 11.6 Å². The normalized spacial score (nSPS) is 11.4. The van der Waals surface area contributed by atoms with Crippen LogP contribution in [0.3, 0.4) is 0 Å². The van der Waals surface area contributed by atoms with Gasteiger partial charge in [-0.2, -0.15) is 0 Å². The van der Waals surface area contributed by atoms with Crippen LogP contribution in [0.4, 0.5) is 0 Å². The van der Waals surface area contributed by atoms with Gasteiger partial charge in [0.1, 0.15) is 12.4 Å². The molecular formula is C17H28ClNO2. The minimum atomic E-state index is 0.546. The van der Waals surface area contributed by atoms with Crippen LogP contribution in [0.15, 0.2) is 18.2 Å². The van der Waals surface area contributed by atoms with Gasteiger partial charge >= 0.3 is 0 Å². The predicted molar refractivity (Wildman–Crippen MR) is 89.1 cm³/mol. The van der Waals surface area contributed by atoms with Gasteiger partial charge in [-0.1, -0.05) is 45.4 Å². The van der Waals surface area contributed by atoms with Crippen LogP contribution in [-0.4, -0.2) is 26.4 Å². The van der Waals surface area contributed by atoms with Gasteiger partial charge in [-0.25, -0.2) is 0 Å². The van der Waals surface area contributed by atoms with E-state index in [1.165, 1.54) is 0 Å². The Kier molecular flexibility index (Phi) is 8.74. The molecule has 0 aliphatic heterocycles. The van der Waals surface area contributed by atoms with Crippen LogP contribution in [0.25, 0.3) is 0 Å². The van der Waals surface area contributed by atoms with Gasteiger partial charge in [0.05, 0.1) is 6.61 Å². The first-order chi connectivity index (χ1) is 10.0. The summed E-state index contributed by atoms with van der Waals surface area (Å²) in [4.78, 5) is 0. The van der Waals surface area contributed by atoms with Crippen molar-refractivity contribution in [3.8, 4) is 5.75 Å². The van der Waals surface area contributed by atoms with E-state index in [2.05, 4.69) is 33.0 Å². The molecule has 0 atom stereocenters. The van der Waals surface area contributed by atoms with Crippen molar-refractivity contribution in [2.75, 3.05) is 26.4 Å². The highest BCUT2D eigenvalue weighted by molar-refractivity contribution is 6.31. The fourth-order valence-corrected chi connectivity index (χ4v) is 2.09. The number of halogens is 1. The lowest BCUT2D eigenvalue weighted by molar-refractivity contribution is 0.0816. The highest BCUT2D eigenvalue weighted by Crippen LogP contribution is 2.26. The van der Waals surface area contributed by atoms with Crippen molar-refractivity contribution in [1.29, 1.82) is 0 Å². The lowest BCUT2D eigenvalue weighted by Gasteiger charge is -2.15. The zero-order valence-corrected chi connectivity index (χ0v) is 14.4. The standard InChI is InChI=1S/C17H28ClNO2/c1-13(2)10-19-11-15-16(18)6-5-7-17(15)21-9-8-20-12-14(3)4/h5-7,13-14,19H,8-12H2,1-4H3. The predicted octanol–water partition coefficient (Wildman–Crippen LogP) is 4.14. The molecule has 0 amide bonds. The van der Waals surface area contributed by atoms with Gasteiger partial charge in [0.15, 0.2) is 0 Å². The smallest absolute Gasteiger partial charge is 0.125 e. The second kappa shape index (κ2) is 10.0. The monoisotopic (exact) mass is 313 g/mol. The average molecular weight is 314 g/mol. The molecule has 120 valence electrons.